The van der Waals surface area contributed by atoms with Crippen molar-refractivity contribution < 1.29 is 23.8 Å². The maximum Gasteiger partial charge on any atom is 0.336 e. The fraction of sp³-hybridized carbons (Fsp3) is 0.226. The lowest BCUT2D eigenvalue weighted by Gasteiger charge is -2.30. The van der Waals surface area contributed by atoms with Crippen LogP contribution in [0.5, 0.6) is 11.5 Å². The smallest absolute Gasteiger partial charge is 0.336 e. The summed E-state index contributed by atoms with van der Waals surface area (Å²) in [6.07, 6.45) is 0. The molecule has 2 aliphatic rings. The summed E-state index contributed by atoms with van der Waals surface area (Å²) in [5.41, 5.74) is 5.02. The number of esters is 1. The first kappa shape index (κ1) is 28.3. The molecule has 5 rings (SSSR count). The van der Waals surface area contributed by atoms with Crippen molar-refractivity contribution in [3.8, 4) is 11.5 Å². The Balaban J connectivity index is 1.61. The van der Waals surface area contributed by atoms with Crippen LogP contribution in [0.15, 0.2) is 75.9 Å². The molecule has 9 heteroatoms. The number of fused-ring (bicyclic) bond motifs is 2. The van der Waals surface area contributed by atoms with Crippen LogP contribution < -0.4 is 14.8 Å². The Morgan fingerprint density at radius 2 is 1.75 bits per heavy atom. The van der Waals surface area contributed by atoms with Crippen LogP contribution in [0.1, 0.15) is 53.7 Å². The fourth-order valence-corrected chi connectivity index (χ4v) is 6.13. The van der Waals surface area contributed by atoms with Crippen molar-refractivity contribution in [3.05, 3.63) is 108 Å². The van der Waals surface area contributed by atoms with E-state index in [9.17, 15) is 9.59 Å². The molecule has 40 heavy (non-hydrogen) atoms. The van der Waals surface area contributed by atoms with Crippen molar-refractivity contribution in [1.29, 1.82) is 0 Å². The Bertz CT molecular complexity index is 1600. The Morgan fingerprint density at radius 1 is 1.00 bits per heavy atom. The predicted molar refractivity (Wildman–Crippen MR) is 159 cm³/mol. The summed E-state index contributed by atoms with van der Waals surface area (Å²) in [4.78, 5) is 27.1. The highest BCUT2D eigenvalue weighted by molar-refractivity contribution is 9.10. The first-order chi connectivity index (χ1) is 19.2. The van der Waals surface area contributed by atoms with Crippen molar-refractivity contribution in [2.45, 2.75) is 33.3 Å². The number of nitrogens with one attached hydrogen (secondary N) is 1. The molecule has 1 heterocycles. The molecule has 0 radical (unpaired) electrons. The molecule has 0 aromatic heterocycles. The molecule has 3 aromatic rings. The number of dihydropyridines is 1. The molecule has 6 nitrogen and oxygen atoms in total. The van der Waals surface area contributed by atoms with Crippen LogP contribution in [-0.2, 0) is 16.1 Å². The summed E-state index contributed by atoms with van der Waals surface area (Å²) < 4.78 is 18.2. The van der Waals surface area contributed by atoms with Gasteiger partial charge in [-0.1, -0.05) is 53.5 Å². The Labute approximate surface area is 251 Å². The van der Waals surface area contributed by atoms with Gasteiger partial charge in [0.15, 0.2) is 17.3 Å². The zero-order chi connectivity index (χ0) is 28.6. The maximum absolute atomic E-state index is 13.8. The van der Waals surface area contributed by atoms with Gasteiger partial charge in [-0.05, 0) is 66.5 Å². The number of benzene rings is 3. The SMILES string of the molecule is CCOC(=O)C1=C(C)NC2=C(C(=O)c3ccccc32)[C@@H]1c1cc(Br)c(OCc2ccc(Cl)cc2Cl)c(OCC)c1. The van der Waals surface area contributed by atoms with Crippen LogP contribution in [-0.4, -0.2) is 25.0 Å². The van der Waals surface area contributed by atoms with E-state index in [1.807, 2.05) is 44.2 Å². The van der Waals surface area contributed by atoms with Crippen LogP contribution in [0.4, 0.5) is 0 Å². The second-order valence-corrected chi connectivity index (χ2v) is 11.0. The molecule has 3 aromatic carbocycles. The van der Waals surface area contributed by atoms with Crippen molar-refractivity contribution in [1.82, 2.24) is 5.32 Å². The Kier molecular flexibility index (Phi) is 8.26. The maximum atomic E-state index is 13.8. The number of hydrogen-bond donors (Lipinski definition) is 1. The number of carbonyl (C=O) groups excluding carboxylic acids is 2. The molecule has 0 fully saturated rings. The van der Waals surface area contributed by atoms with Gasteiger partial charge < -0.3 is 19.5 Å². The van der Waals surface area contributed by atoms with E-state index in [-0.39, 0.29) is 19.0 Å². The van der Waals surface area contributed by atoms with E-state index in [0.29, 0.717) is 66.3 Å². The number of hydrogen-bond acceptors (Lipinski definition) is 6. The summed E-state index contributed by atoms with van der Waals surface area (Å²) in [6.45, 7) is 6.20. The van der Waals surface area contributed by atoms with Crippen molar-refractivity contribution in [2.24, 2.45) is 0 Å². The summed E-state index contributed by atoms with van der Waals surface area (Å²) in [5, 5.41) is 4.34. The number of Topliss-reactive ketones (excluding diaryl/α,β-unsaturated/α-hetero) is 1. The number of carbonyl (C=O) groups is 2. The van der Waals surface area contributed by atoms with Crippen LogP contribution in [0.25, 0.3) is 5.70 Å². The quantitative estimate of drug-likeness (QED) is 0.252. The number of halogens is 3. The zero-order valence-corrected chi connectivity index (χ0v) is 25.2. The first-order valence-electron chi connectivity index (χ1n) is 12.8. The van der Waals surface area contributed by atoms with E-state index in [1.54, 1.807) is 31.2 Å². The van der Waals surface area contributed by atoms with E-state index < -0.39 is 11.9 Å². The van der Waals surface area contributed by atoms with Gasteiger partial charge in [-0.15, -0.1) is 0 Å². The summed E-state index contributed by atoms with van der Waals surface area (Å²) >= 11 is 16.0. The van der Waals surface area contributed by atoms with Gasteiger partial charge >= 0.3 is 5.97 Å². The lowest BCUT2D eigenvalue weighted by atomic mass is 9.79. The third kappa shape index (κ3) is 5.14. The average Bonchev–Trinajstić information content (AvgIpc) is 3.20. The topological polar surface area (TPSA) is 73.9 Å². The number of ketones is 1. The molecule has 0 saturated heterocycles. The number of rotatable bonds is 8. The minimum atomic E-state index is -0.689. The molecule has 206 valence electrons. The molecule has 1 N–H and O–H groups in total. The first-order valence-corrected chi connectivity index (χ1v) is 14.4. The summed E-state index contributed by atoms with van der Waals surface area (Å²) in [6, 6.07) is 16.3. The molecule has 0 saturated carbocycles. The standard InChI is InChI=1S/C31H26BrCl2NO5/c1-4-38-24-13-18(12-22(32)30(24)40-15-17-10-11-19(33)14-23(17)34)26-25(31(37)39-5-2)16(3)35-28-20-8-6-7-9-21(20)29(36)27(26)28/h6-14,26,35H,4-5,15H2,1-3H3/t26-/m1/s1. The van der Waals surface area contributed by atoms with E-state index in [1.165, 1.54) is 0 Å². The summed E-state index contributed by atoms with van der Waals surface area (Å²) in [5.74, 6) is -0.380. The van der Waals surface area contributed by atoms with Gasteiger partial charge in [-0.25, -0.2) is 4.79 Å². The van der Waals surface area contributed by atoms with Crippen LogP contribution in [0, 0.1) is 0 Å². The van der Waals surface area contributed by atoms with Gasteiger partial charge in [0, 0.05) is 43.9 Å². The molecule has 0 bridgehead atoms. The normalized spacial score (nSPS) is 15.9. The van der Waals surface area contributed by atoms with Crippen LogP contribution >= 0.6 is 39.1 Å². The second-order valence-electron chi connectivity index (χ2n) is 9.27. The van der Waals surface area contributed by atoms with Gasteiger partial charge in [-0.3, -0.25) is 4.79 Å². The van der Waals surface area contributed by atoms with Gasteiger partial charge in [0.25, 0.3) is 0 Å². The fourth-order valence-electron chi connectivity index (χ4n) is 5.09. The Hall–Kier alpha value is -3.26. The van der Waals surface area contributed by atoms with E-state index in [2.05, 4.69) is 21.2 Å². The molecule has 1 aliphatic heterocycles. The van der Waals surface area contributed by atoms with Crippen molar-refractivity contribution >= 4 is 56.6 Å². The molecule has 0 amide bonds. The summed E-state index contributed by atoms with van der Waals surface area (Å²) in [7, 11) is 0. The lowest BCUT2D eigenvalue weighted by molar-refractivity contribution is -0.138. The predicted octanol–water partition coefficient (Wildman–Crippen LogP) is 7.87. The van der Waals surface area contributed by atoms with E-state index in [4.69, 9.17) is 37.4 Å². The largest absolute Gasteiger partial charge is 0.490 e. The van der Waals surface area contributed by atoms with Crippen molar-refractivity contribution in [3.63, 3.8) is 0 Å². The average molecular weight is 643 g/mol. The second kappa shape index (κ2) is 11.7. The Morgan fingerprint density at radius 3 is 2.45 bits per heavy atom. The van der Waals surface area contributed by atoms with Crippen LogP contribution in [0.3, 0.4) is 0 Å². The number of ether oxygens (including phenoxy) is 3. The highest BCUT2D eigenvalue weighted by Gasteiger charge is 2.43. The molecule has 1 aliphatic carbocycles. The van der Waals surface area contributed by atoms with Crippen molar-refractivity contribution in [2.75, 3.05) is 13.2 Å². The molecule has 1 atom stereocenters. The minimum Gasteiger partial charge on any atom is -0.490 e. The van der Waals surface area contributed by atoms with Gasteiger partial charge in [0.1, 0.15) is 6.61 Å². The molecule has 0 unspecified atom stereocenters. The third-order valence-corrected chi connectivity index (χ3v) is 7.97. The lowest BCUT2D eigenvalue weighted by Crippen LogP contribution is -2.29. The minimum absolute atomic E-state index is 0.135. The van der Waals surface area contributed by atoms with Gasteiger partial charge in [0.05, 0.1) is 29.0 Å². The highest BCUT2D eigenvalue weighted by Crippen LogP contribution is 2.49. The third-order valence-electron chi connectivity index (χ3n) is 6.80. The highest BCUT2D eigenvalue weighted by atomic mass is 79.9. The van der Waals surface area contributed by atoms with E-state index in [0.717, 1.165) is 11.1 Å². The van der Waals surface area contributed by atoms with Gasteiger partial charge in [-0.2, -0.15) is 0 Å². The van der Waals surface area contributed by atoms with E-state index >= 15 is 0 Å². The molecular formula is C31H26BrCl2NO5. The monoisotopic (exact) mass is 641 g/mol. The van der Waals surface area contributed by atoms with Crippen LogP contribution in [0.2, 0.25) is 10.0 Å². The van der Waals surface area contributed by atoms with Gasteiger partial charge in [0.2, 0.25) is 0 Å². The zero-order valence-electron chi connectivity index (χ0n) is 22.1. The molecule has 0 spiro atoms. The number of allylic oxidation sites excluding steroid dienone is 2. The molecular weight excluding hydrogens is 617 g/mol.